The molecule has 0 spiro atoms. The second-order valence-corrected chi connectivity index (χ2v) is 8.01. The maximum absolute atomic E-state index is 12.5. The van der Waals surface area contributed by atoms with Crippen LogP contribution in [0.15, 0.2) is 70.5 Å². The van der Waals surface area contributed by atoms with Gasteiger partial charge in [0.05, 0.1) is 0 Å². The van der Waals surface area contributed by atoms with E-state index in [1.54, 1.807) is 23.5 Å². The summed E-state index contributed by atoms with van der Waals surface area (Å²) in [6, 6.07) is 20.1. The van der Waals surface area contributed by atoms with Crippen molar-refractivity contribution >= 4 is 29.5 Å². The maximum atomic E-state index is 12.5. The van der Waals surface area contributed by atoms with Gasteiger partial charge in [-0.05, 0) is 31.2 Å². The molecule has 1 heterocycles. The second-order valence-electron chi connectivity index (χ2n) is 5.00. The summed E-state index contributed by atoms with van der Waals surface area (Å²) in [5, 5.41) is 0. The Labute approximate surface area is 133 Å². The molecule has 0 N–H and O–H groups in total. The van der Waals surface area contributed by atoms with E-state index >= 15 is 0 Å². The Kier molecular flexibility index (Phi) is 4.27. The fourth-order valence-electron chi connectivity index (χ4n) is 2.32. The van der Waals surface area contributed by atoms with Gasteiger partial charge in [-0.3, -0.25) is 0 Å². The van der Waals surface area contributed by atoms with Crippen LogP contribution in [0.5, 0.6) is 0 Å². The van der Waals surface area contributed by atoms with Crippen LogP contribution in [-0.2, 0) is 9.53 Å². The van der Waals surface area contributed by atoms with Gasteiger partial charge in [0.1, 0.15) is 6.10 Å². The SMILES string of the molecule is CC1CC(Sc2ccccc2)(Sc2ccccc2)C(=O)O1. The number of thioether (sulfide) groups is 2. The zero-order valence-electron chi connectivity index (χ0n) is 11.7. The number of hydrogen-bond acceptors (Lipinski definition) is 4. The summed E-state index contributed by atoms with van der Waals surface area (Å²) in [7, 11) is 0. The van der Waals surface area contributed by atoms with E-state index in [1.165, 1.54) is 0 Å². The van der Waals surface area contributed by atoms with Crippen molar-refractivity contribution in [3.8, 4) is 0 Å². The van der Waals surface area contributed by atoms with Gasteiger partial charge in [-0.2, -0.15) is 0 Å². The third-order valence-corrected chi connectivity index (χ3v) is 6.07. The number of cyclic esters (lactones) is 1. The molecule has 1 saturated heterocycles. The Morgan fingerprint density at radius 1 is 0.952 bits per heavy atom. The molecular formula is C17H16O2S2. The number of esters is 1. The van der Waals surface area contributed by atoms with Crippen molar-refractivity contribution in [2.45, 2.75) is 33.3 Å². The number of rotatable bonds is 4. The molecule has 3 rings (SSSR count). The van der Waals surface area contributed by atoms with Gasteiger partial charge in [0.15, 0.2) is 4.08 Å². The van der Waals surface area contributed by atoms with Crippen LogP contribution in [0.4, 0.5) is 0 Å². The lowest BCUT2D eigenvalue weighted by Crippen LogP contribution is -2.26. The summed E-state index contributed by atoms with van der Waals surface area (Å²) in [4.78, 5) is 14.6. The number of carbonyl (C=O) groups is 1. The van der Waals surface area contributed by atoms with E-state index < -0.39 is 4.08 Å². The van der Waals surface area contributed by atoms with Gasteiger partial charge in [-0.15, -0.1) is 0 Å². The zero-order valence-corrected chi connectivity index (χ0v) is 13.3. The van der Waals surface area contributed by atoms with Gasteiger partial charge < -0.3 is 4.74 Å². The van der Waals surface area contributed by atoms with E-state index in [9.17, 15) is 4.79 Å². The Morgan fingerprint density at radius 2 is 1.43 bits per heavy atom. The van der Waals surface area contributed by atoms with Crippen LogP contribution >= 0.6 is 23.5 Å². The summed E-state index contributed by atoms with van der Waals surface area (Å²) in [5.41, 5.74) is 0. The molecule has 0 saturated carbocycles. The van der Waals surface area contributed by atoms with Crippen molar-refractivity contribution in [2.75, 3.05) is 0 Å². The fourth-order valence-corrected chi connectivity index (χ4v) is 5.31. The number of carbonyl (C=O) groups excluding carboxylic acids is 1. The largest absolute Gasteiger partial charge is 0.461 e. The molecule has 0 aliphatic carbocycles. The molecule has 1 atom stereocenters. The second kappa shape index (κ2) is 6.16. The average molecular weight is 316 g/mol. The molecule has 0 amide bonds. The van der Waals surface area contributed by atoms with Crippen LogP contribution in [0.1, 0.15) is 13.3 Å². The maximum Gasteiger partial charge on any atom is 0.333 e. The molecule has 2 aromatic carbocycles. The van der Waals surface area contributed by atoms with Crippen LogP contribution in [-0.4, -0.2) is 16.2 Å². The molecule has 0 bridgehead atoms. The van der Waals surface area contributed by atoms with Crippen molar-refractivity contribution in [3.05, 3.63) is 60.7 Å². The molecule has 2 aromatic rings. The highest BCUT2D eigenvalue weighted by atomic mass is 32.2. The van der Waals surface area contributed by atoms with E-state index in [0.717, 1.165) is 9.79 Å². The molecule has 1 fully saturated rings. The molecule has 1 aliphatic heterocycles. The van der Waals surface area contributed by atoms with Crippen molar-refractivity contribution in [2.24, 2.45) is 0 Å². The first kappa shape index (κ1) is 14.5. The lowest BCUT2D eigenvalue weighted by molar-refractivity contribution is -0.141. The van der Waals surface area contributed by atoms with E-state index in [0.29, 0.717) is 6.42 Å². The van der Waals surface area contributed by atoms with Crippen molar-refractivity contribution < 1.29 is 9.53 Å². The van der Waals surface area contributed by atoms with Gasteiger partial charge in [0.2, 0.25) is 0 Å². The van der Waals surface area contributed by atoms with E-state index in [2.05, 4.69) is 0 Å². The molecule has 4 heteroatoms. The minimum atomic E-state index is -0.595. The van der Waals surface area contributed by atoms with E-state index in [-0.39, 0.29) is 12.1 Å². The molecule has 21 heavy (non-hydrogen) atoms. The Bertz CT molecular complexity index is 572. The van der Waals surface area contributed by atoms with E-state index in [4.69, 9.17) is 4.74 Å². The number of ether oxygens (including phenoxy) is 1. The minimum absolute atomic E-state index is 0.0371. The van der Waals surface area contributed by atoms with Crippen LogP contribution in [0.25, 0.3) is 0 Å². The lowest BCUT2D eigenvalue weighted by atomic mass is 10.2. The van der Waals surface area contributed by atoms with Crippen LogP contribution in [0.2, 0.25) is 0 Å². The summed E-state index contributed by atoms with van der Waals surface area (Å²) in [5.74, 6) is -0.127. The van der Waals surface area contributed by atoms with Crippen molar-refractivity contribution in [1.29, 1.82) is 0 Å². The summed E-state index contributed by atoms with van der Waals surface area (Å²) < 4.78 is 4.85. The predicted molar refractivity (Wildman–Crippen MR) is 87.5 cm³/mol. The lowest BCUT2D eigenvalue weighted by Gasteiger charge is -2.23. The van der Waals surface area contributed by atoms with Crippen LogP contribution in [0.3, 0.4) is 0 Å². The highest BCUT2D eigenvalue weighted by Gasteiger charge is 2.49. The van der Waals surface area contributed by atoms with Gasteiger partial charge in [-0.1, -0.05) is 59.9 Å². The molecular weight excluding hydrogens is 300 g/mol. The highest BCUT2D eigenvalue weighted by molar-refractivity contribution is 8.19. The zero-order chi connectivity index (χ0) is 14.7. The smallest absolute Gasteiger partial charge is 0.333 e. The monoisotopic (exact) mass is 316 g/mol. The molecule has 2 nitrogen and oxygen atoms in total. The molecule has 0 aromatic heterocycles. The first-order chi connectivity index (χ1) is 10.2. The average Bonchev–Trinajstić information content (AvgIpc) is 2.75. The first-order valence-corrected chi connectivity index (χ1v) is 8.50. The van der Waals surface area contributed by atoms with Crippen LogP contribution in [0, 0.1) is 0 Å². The van der Waals surface area contributed by atoms with Gasteiger partial charge in [0.25, 0.3) is 0 Å². The molecule has 0 radical (unpaired) electrons. The summed E-state index contributed by atoms with van der Waals surface area (Å²) in [6.07, 6.45) is 0.676. The third kappa shape index (κ3) is 3.27. The Morgan fingerprint density at radius 3 is 1.81 bits per heavy atom. The Balaban J connectivity index is 1.90. The standard InChI is InChI=1S/C17H16O2S2/c1-13-12-17(16(18)19-13,20-14-8-4-2-5-9-14)21-15-10-6-3-7-11-15/h2-11,13H,12H2,1H3. The number of hydrogen-bond donors (Lipinski definition) is 0. The normalized spacial score (nSPS) is 20.2. The van der Waals surface area contributed by atoms with Crippen molar-refractivity contribution in [3.63, 3.8) is 0 Å². The highest BCUT2D eigenvalue weighted by Crippen LogP contribution is 2.52. The van der Waals surface area contributed by atoms with Crippen LogP contribution < -0.4 is 0 Å². The fraction of sp³-hybridized carbons (Fsp3) is 0.235. The van der Waals surface area contributed by atoms with Gasteiger partial charge >= 0.3 is 5.97 Å². The van der Waals surface area contributed by atoms with E-state index in [1.807, 2.05) is 67.6 Å². The summed E-state index contributed by atoms with van der Waals surface area (Å²) >= 11 is 3.19. The summed E-state index contributed by atoms with van der Waals surface area (Å²) in [6.45, 7) is 1.96. The molecule has 1 unspecified atom stereocenters. The Hall–Kier alpha value is -1.39. The van der Waals surface area contributed by atoms with Crippen molar-refractivity contribution in [1.82, 2.24) is 0 Å². The third-order valence-electron chi connectivity index (χ3n) is 3.23. The van der Waals surface area contributed by atoms with Gasteiger partial charge in [0, 0.05) is 16.2 Å². The van der Waals surface area contributed by atoms with Gasteiger partial charge in [-0.25, -0.2) is 4.79 Å². The molecule has 108 valence electrons. The topological polar surface area (TPSA) is 26.3 Å². The first-order valence-electron chi connectivity index (χ1n) is 6.87. The quantitative estimate of drug-likeness (QED) is 0.608. The number of benzene rings is 2. The molecule has 1 aliphatic rings. The predicted octanol–water partition coefficient (Wildman–Crippen LogP) is 4.60. The minimum Gasteiger partial charge on any atom is -0.461 e.